The molecule has 0 bridgehead atoms. The van der Waals surface area contributed by atoms with Crippen LogP contribution in [0.5, 0.6) is 0 Å². The molecule has 1 aromatic heterocycles. The molecule has 5 nitrogen and oxygen atoms in total. The number of carbonyl (C=O) groups excluding carboxylic acids is 2. The fourth-order valence-corrected chi connectivity index (χ4v) is 3.78. The molecule has 32 heavy (non-hydrogen) atoms. The van der Waals surface area contributed by atoms with E-state index in [1.807, 2.05) is 92.7 Å². The minimum absolute atomic E-state index is 0.00242. The highest BCUT2D eigenvalue weighted by atomic mass is 16.1. The number of ketones is 1. The maximum Gasteiger partial charge on any atom is 0.224 e. The van der Waals surface area contributed by atoms with Gasteiger partial charge in [-0.2, -0.15) is 0 Å². The van der Waals surface area contributed by atoms with Crippen molar-refractivity contribution in [3.05, 3.63) is 96.2 Å². The summed E-state index contributed by atoms with van der Waals surface area (Å²) in [5, 5.41) is 7.20. The highest BCUT2D eigenvalue weighted by Crippen LogP contribution is 2.28. The zero-order chi connectivity index (χ0) is 22.5. The first-order valence-corrected chi connectivity index (χ1v) is 10.8. The normalized spacial score (nSPS) is 12.0. The molecular weight excluding hydrogens is 398 g/mol. The van der Waals surface area contributed by atoms with Crippen molar-refractivity contribution in [2.24, 2.45) is 5.92 Å². The van der Waals surface area contributed by atoms with Gasteiger partial charge in [-0.25, -0.2) is 0 Å². The Balaban J connectivity index is 1.58. The molecule has 0 aliphatic rings. The number of carbonyl (C=O) groups is 2. The van der Waals surface area contributed by atoms with Crippen molar-refractivity contribution in [1.29, 1.82) is 0 Å². The van der Waals surface area contributed by atoms with Crippen LogP contribution >= 0.6 is 0 Å². The molecule has 1 amide bonds. The molecule has 1 heterocycles. The van der Waals surface area contributed by atoms with E-state index in [1.165, 1.54) is 0 Å². The maximum absolute atomic E-state index is 13.6. The van der Waals surface area contributed by atoms with E-state index >= 15 is 0 Å². The Bertz CT molecular complexity index is 1210. The average Bonchev–Trinajstić information content (AvgIpc) is 3.22. The Kier molecular flexibility index (Phi) is 6.36. The minimum Gasteiger partial charge on any atom is -0.371 e. The third-order valence-electron chi connectivity index (χ3n) is 5.32. The summed E-state index contributed by atoms with van der Waals surface area (Å²) in [6, 6.07) is 24.4. The number of anilines is 2. The van der Waals surface area contributed by atoms with Gasteiger partial charge in [-0.05, 0) is 41.8 Å². The van der Waals surface area contributed by atoms with Crippen molar-refractivity contribution in [1.82, 2.24) is 4.98 Å². The first-order valence-electron chi connectivity index (χ1n) is 10.8. The zero-order valence-corrected chi connectivity index (χ0v) is 18.3. The number of aromatic amines is 1. The van der Waals surface area contributed by atoms with Crippen LogP contribution in [0.4, 0.5) is 11.4 Å². The summed E-state index contributed by atoms with van der Waals surface area (Å²) >= 11 is 0. The van der Waals surface area contributed by atoms with Crippen LogP contribution < -0.4 is 10.6 Å². The number of rotatable bonds is 8. The number of hydrogen-bond donors (Lipinski definition) is 3. The number of para-hydroxylation sites is 1. The quantitative estimate of drug-likeness (QED) is 0.295. The second-order valence-electron chi connectivity index (χ2n) is 8.32. The topological polar surface area (TPSA) is 74.0 Å². The maximum atomic E-state index is 13.6. The van der Waals surface area contributed by atoms with Gasteiger partial charge in [0.2, 0.25) is 5.91 Å². The van der Waals surface area contributed by atoms with Crippen LogP contribution in [0.1, 0.15) is 42.2 Å². The summed E-state index contributed by atoms with van der Waals surface area (Å²) in [5.74, 6) is 0.290. The lowest BCUT2D eigenvalue weighted by Gasteiger charge is -2.19. The third-order valence-corrected chi connectivity index (χ3v) is 5.32. The number of nitrogens with one attached hydrogen (secondary N) is 3. The van der Waals surface area contributed by atoms with Crippen molar-refractivity contribution < 1.29 is 9.59 Å². The second-order valence-corrected chi connectivity index (χ2v) is 8.32. The van der Waals surface area contributed by atoms with E-state index in [1.54, 1.807) is 6.20 Å². The molecule has 1 unspecified atom stereocenters. The van der Waals surface area contributed by atoms with Crippen molar-refractivity contribution in [3.63, 3.8) is 0 Å². The Hall–Kier alpha value is -3.86. The lowest BCUT2D eigenvalue weighted by Crippen LogP contribution is -2.21. The van der Waals surface area contributed by atoms with Gasteiger partial charge >= 0.3 is 0 Å². The van der Waals surface area contributed by atoms with E-state index in [4.69, 9.17) is 0 Å². The van der Waals surface area contributed by atoms with Gasteiger partial charge < -0.3 is 15.6 Å². The number of Topliss-reactive ketones (excluding diaryl/α,β-unsaturated/α-hetero) is 1. The van der Waals surface area contributed by atoms with Crippen LogP contribution in [0.3, 0.4) is 0 Å². The number of fused-ring (bicyclic) bond motifs is 1. The fraction of sp³-hybridized carbons (Fsp3) is 0.185. The molecule has 0 fully saturated rings. The first kappa shape index (κ1) is 21.4. The smallest absolute Gasteiger partial charge is 0.224 e. The standard InChI is InChI=1S/C27H27N3O2/c1-18(2)16-25(31)29-20-12-14-21(15-13-20)30-26(19-8-4-3-5-9-19)27(32)23-17-28-24-11-7-6-10-22(23)24/h3-15,17-18,26,28,30H,16H2,1-2H3,(H,29,31). The van der Waals surface area contributed by atoms with Gasteiger partial charge in [-0.15, -0.1) is 0 Å². The summed E-state index contributed by atoms with van der Waals surface area (Å²) in [5.41, 5.74) is 4.01. The number of benzene rings is 3. The molecule has 0 spiro atoms. The third kappa shape index (κ3) is 4.89. The predicted octanol–water partition coefficient (Wildman–Crippen LogP) is 6.19. The highest BCUT2D eigenvalue weighted by Gasteiger charge is 2.24. The van der Waals surface area contributed by atoms with Gasteiger partial charge in [0.05, 0.1) is 0 Å². The Labute approximate surface area is 187 Å². The SMILES string of the molecule is CC(C)CC(=O)Nc1ccc(NC(C(=O)c2c[nH]c3ccccc23)c2ccccc2)cc1. The van der Waals surface area contributed by atoms with Crippen molar-refractivity contribution in [2.75, 3.05) is 10.6 Å². The number of hydrogen-bond acceptors (Lipinski definition) is 3. The highest BCUT2D eigenvalue weighted by molar-refractivity contribution is 6.11. The first-order chi connectivity index (χ1) is 15.5. The molecule has 0 radical (unpaired) electrons. The number of H-pyrrole nitrogens is 1. The number of amides is 1. The van der Waals surface area contributed by atoms with Crippen LogP contribution in [0.2, 0.25) is 0 Å². The molecule has 3 aromatic carbocycles. The van der Waals surface area contributed by atoms with Gasteiger partial charge in [0.1, 0.15) is 6.04 Å². The van der Waals surface area contributed by atoms with Crippen LogP contribution in [0.25, 0.3) is 10.9 Å². The Morgan fingerprint density at radius 2 is 1.50 bits per heavy atom. The summed E-state index contributed by atoms with van der Waals surface area (Å²) in [7, 11) is 0. The monoisotopic (exact) mass is 425 g/mol. The molecule has 3 N–H and O–H groups in total. The van der Waals surface area contributed by atoms with Gasteiger partial charge in [-0.1, -0.05) is 62.4 Å². The van der Waals surface area contributed by atoms with E-state index in [-0.39, 0.29) is 11.7 Å². The van der Waals surface area contributed by atoms with Gasteiger partial charge in [0, 0.05) is 40.5 Å². The largest absolute Gasteiger partial charge is 0.371 e. The Morgan fingerprint density at radius 1 is 0.844 bits per heavy atom. The molecule has 0 aliphatic heterocycles. The van der Waals surface area contributed by atoms with E-state index in [2.05, 4.69) is 15.6 Å². The molecule has 0 aliphatic carbocycles. The molecule has 0 saturated carbocycles. The van der Waals surface area contributed by atoms with E-state index < -0.39 is 6.04 Å². The average molecular weight is 426 g/mol. The van der Waals surface area contributed by atoms with E-state index in [9.17, 15) is 9.59 Å². The van der Waals surface area contributed by atoms with Gasteiger partial charge in [-0.3, -0.25) is 9.59 Å². The summed E-state index contributed by atoms with van der Waals surface area (Å²) in [4.78, 5) is 28.8. The van der Waals surface area contributed by atoms with Crippen LogP contribution in [-0.4, -0.2) is 16.7 Å². The second kappa shape index (κ2) is 9.52. The lowest BCUT2D eigenvalue weighted by atomic mass is 9.96. The van der Waals surface area contributed by atoms with Gasteiger partial charge in [0.25, 0.3) is 0 Å². The lowest BCUT2D eigenvalue weighted by molar-refractivity contribution is -0.116. The fourth-order valence-electron chi connectivity index (χ4n) is 3.78. The molecule has 4 aromatic rings. The molecule has 162 valence electrons. The molecule has 1 atom stereocenters. The van der Waals surface area contributed by atoms with E-state index in [0.29, 0.717) is 17.9 Å². The van der Waals surface area contributed by atoms with Gasteiger partial charge in [0.15, 0.2) is 5.78 Å². The number of aromatic nitrogens is 1. The predicted molar refractivity (Wildman–Crippen MR) is 130 cm³/mol. The zero-order valence-electron chi connectivity index (χ0n) is 18.3. The molecular formula is C27H27N3O2. The van der Waals surface area contributed by atoms with Crippen LogP contribution in [0.15, 0.2) is 85.1 Å². The summed E-state index contributed by atoms with van der Waals surface area (Å²) in [6.07, 6.45) is 2.26. The summed E-state index contributed by atoms with van der Waals surface area (Å²) in [6.45, 7) is 4.03. The minimum atomic E-state index is -0.545. The van der Waals surface area contributed by atoms with Crippen LogP contribution in [0, 0.1) is 5.92 Å². The molecule has 5 heteroatoms. The van der Waals surface area contributed by atoms with Crippen molar-refractivity contribution >= 4 is 34.0 Å². The van der Waals surface area contributed by atoms with E-state index in [0.717, 1.165) is 27.8 Å². The van der Waals surface area contributed by atoms with Crippen molar-refractivity contribution in [3.8, 4) is 0 Å². The molecule has 4 rings (SSSR count). The molecule has 0 saturated heterocycles. The Morgan fingerprint density at radius 3 is 2.22 bits per heavy atom. The van der Waals surface area contributed by atoms with Crippen molar-refractivity contribution in [2.45, 2.75) is 26.3 Å². The summed E-state index contributed by atoms with van der Waals surface area (Å²) < 4.78 is 0. The van der Waals surface area contributed by atoms with Crippen LogP contribution in [-0.2, 0) is 4.79 Å².